The number of rotatable bonds is 4. The maximum atomic E-state index is 12.1. The quantitative estimate of drug-likeness (QED) is 0.880. The summed E-state index contributed by atoms with van der Waals surface area (Å²) in [6.45, 7) is 3.64. The highest BCUT2D eigenvalue weighted by atomic mass is 32.1. The van der Waals surface area contributed by atoms with E-state index in [-0.39, 0.29) is 11.4 Å². The van der Waals surface area contributed by atoms with Crippen molar-refractivity contribution >= 4 is 23.2 Å². The third-order valence-electron chi connectivity index (χ3n) is 2.50. The molecule has 0 spiro atoms. The summed E-state index contributed by atoms with van der Waals surface area (Å²) in [5.41, 5.74) is -0.793. The highest BCUT2D eigenvalue weighted by Gasteiger charge is 2.26. The van der Waals surface area contributed by atoms with E-state index in [1.54, 1.807) is 6.20 Å². The molecule has 0 aromatic carbocycles. The van der Waals surface area contributed by atoms with Crippen molar-refractivity contribution in [3.63, 3.8) is 0 Å². The van der Waals surface area contributed by atoms with Gasteiger partial charge in [0.1, 0.15) is 10.7 Å². The molecule has 104 valence electrons. The third kappa shape index (κ3) is 2.97. The number of carboxylic acid groups (broad SMARTS) is 1. The van der Waals surface area contributed by atoms with Gasteiger partial charge in [-0.1, -0.05) is 0 Å². The molecule has 8 heteroatoms. The lowest BCUT2D eigenvalue weighted by Crippen LogP contribution is -2.41. The molecule has 1 amide bonds. The molecule has 7 nitrogen and oxygen atoms in total. The number of carbonyl (C=O) groups is 2. The molecule has 2 aromatic heterocycles. The zero-order valence-electron chi connectivity index (χ0n) is 10.8. The molecular weight excluding hydrogens is 280 g/mol. The Labute approximate surface area is 118 Å². The van der Waals surface area contributed by atoms with Gasteiger partial charge >= 0.3 is 5.97 Å². The van der Waals surface area contributed by atoms with Gasteiger partial charge in [0.2, 0.25) is 0 Å². The summed E-state index contributed by atoms with van der Waals surface area (Å²) in [4.78, 5) is 34.3. The fourth-order valence-corrected chi connectivity index (χ4v) is 2.21. The maximum Gasteiger partial charge on any atom is 0.356 e. The summed E-state index contributed by atoms with van der Waals surface area (Å²) >= 11 is 1.43. The Morgan fingerprint density at radius 2 is 1.85 bits per heavy atom. The first kappa shape index (κ1) is 14.1. The van der Waals surface area contributed by atoms with Crippen molar-refractivity contribution < 1.29 is 14.7 Å². The zero-order chi connectivity index (χ0) is 14.8. The lowest BCUT2D eigenvalue weighted by Gasteiger charge is -2.23. The van der Waals surface area contributed by atoms with Gasteiger partial charge in [-0.2, -0.15) is 0 Å². The van der Waals surface area contributed by atoms with E-state index in [1.807, 2.05) is 19.2 Å². The molecule has 0 aliphatic carbocycles. The van der Waals surface area contributed by atoms with Crippen LogP contribution in [0.25, 0.3) is 0 Å². The van der Waals surface area contributed by atoms with E-state index in [9.17, 15) is 9.59 Å². The highest BCUT2D eigenvalue weighted by Crippen LogP contribution is 2.22. The number of nitrogens with zero attached hydrogens (tertiary/aromatic N) is 3. The fraction of sp³-hybridized carbons (Fsp3) is 0.250. The van der Waals surface area contributed by atoms with Gasteiger partial charge in [-0.25, -0.2) is 19.7 Å². The average Bonchev–Trinajstić information content (AvgIpc) is 2.93. The van der Waals surface area contributed by atoms with Crippen molar-refractivity contribution in [3.8, 4) is 0 Å². The van der Waals surface area contributed by atoms with Crippen molar-refractivity contribution in [2.24, 2.45) is 0 Å². The number of amides is 1. The number of carbonyl (C=O) groups excluding carboxylic acids is 1. The van der Waals surface area contributed by atoms with Gasteiger partial charge in [-0.05, 0) is 13.8 Å². The summed E-state index contributed by atoms with van der Waals surface area (Å²) < 4.78 is 0. The van der Waals surface area contributed by atoms with Crippen molar-refractivity contribution in [2.75, 3.05) is 0 Å². The first-order valence-corrected chi connectivity index (χ1v) is 6.56. The molecule has 0 atom stereocenters. The van der Waals surface area contributed by atoms with E-state index in [0.717, 1.165) is 17.4 Å². The van der Waals surface area contributed by atoms with Crippen molar-refractivity contribution in [2.45, 2.75) is 19.4 Å². The number of carboxylic acids is 1. The summed E-state index contributed by atoms with van der Waals surface area (Å²) in [7, 11) is 0. The molecule has 0 saturated carbocycles. The predicted molar refractivity (Wildman–Crippen MR) is 71.6 cm³/mol. The second-order valence-corrected chi connectivity index (χ2v) is 5.40. The average molecular weight is 292 g/mol. The van der Waals surface area contributed by atoms with Crippen LogP contribution in [0.2, 0.25) is 0 Å². The Kier molecular flexibility index (Phi) is 3.75. The van der Waals surface area contributed by atoms with E-state index >= 15 is 0 Å². The monoisotopic (exact) mass is 292 g/mol. The number of nitrogens with one attached hydrogen (secondary N) is 1. The molecule has 0 aliphatic heterocycles. The van der Waals surface area contributed by atoms with E-state index in [0.29, 0.717) is 0 Å². The Bertz CT molecular complexity index is 623. The lowest BCUT2D eigenvalue weighted by atomic mass is 10.1. The first-order chi connectivity index (χ1) is 9.40. The van der Waals surface area contributed by atoms with Gasteiger partial charge in [0.05, 0.1) is 17.9 Å². The van der Waals surface area contributed by atoms with Crippen LogP contribution in [0, 0.1) is 0 Å². The SMILES string of the molecule is CC(C)(NC(=O)c1cnc(C(=O)O)cn1)c1nccs1. The lowest BCUT2D eigenvalue weighted by molar-refractivity contribution is 0.0688. The standard InChI is InChI=1S/C12H12N4O3S/c1-12(2,11-13-3-4-20-11)16-9(17)7-5-15-8(6-14-7)10(18)19/h3-6H,1-2H3,(H,16,17)(H,18,19). The van der Waals surface area contributed by atoms with E-state index < -0.39 is 17.4 Å². The molecule has 0 bridgehead atoms. The number of aromatic carboxylic acids is 1. The second-order valence-electron chi connectivity index (χ2n) is 4.51. The largest absolute Gasteiger partial charge is 0.476 e. The van der Waals surface area contributed by atoms with Crippen LogP contribution in [0.3, 0.4) is 0 Å². The van der Waals surface area contributed by atoms with Crippen molar-refractivity contribution in [3.05, 3.63) is 40.4 Å². The van der Waals surface area contributed by atoms with Crippen LogP contribution in [-0.4, -0.2) is 31.9 Å². The van der Waals surface area contributed by atoms with Gasteiger partial charge in [-0.15, -0.1) is 11.3 Å². The molecule has 0 radical (unpaired) electrons. The van der Waals surface area contributed by atoms with E-state index in [4.69, 9.17) is 5.11 Å². The minimum atomic E-state index is -1.19. The van der Waals surface area contributed by atoms with Gasteiger partial charge < -0.3 is 10.4 Å². The van der Waals surface area contributed by atoms with Crippen LogP contribution >= 0.6 is 11.3 Å². The first-order valence-electron chi connectivity index (χ1n) is 5.68. The Hall–Kier alpha value is -2.35. The van der Waals surface area contributed by atoms with Crippen LogP contribution in [0.15, 0.2) is 24.0 Å². The highest BCUT2D eigenvalue weighted by molar-refractivity contribution is 7.09. The molecule has 2 N–H and O–H groups in total. The van der Waals surface area contributed by atoms with Crippen molar-refractivity contribution in [1.29, 1.82) is 0 Å². The third-order valence-corrected chi connectivity index (χ3v) is 3.59. The van der Waals surface area contributed by atoms with Crippen LogP contribution in [0.1, 0.15) is 39.8 Å². The minimum Gasteiger partial charge on any atom is -0.476 e. The van der Waals surface area contributed by atoms with Gasteiger partial charge in [-0.3, -0.25) is 4.79 Å². The fourth-order valence-electron chi connectivity index (χ4n) is 1.49. The van der Waals surface area contributed by atoms with Crippen LogP contribution in [0.4, 0.5) is 0 Å². The number of hydrogen-bond donors (Lipinski definition) is 2. The summed E-state index contributed by atoms with van der Waals surface area (Å²) in [5.74, 6) is -1.62. The summed E-state index contributed by atoms with van der Waals surface area (Å²) in [6.07, 6.45) is 3.85. The summed E-state index contributed by atoms with van der Waals surface area (Å²) in [5, 5.41) is 14.1. The minimum absolute atomic E-state index is 0.0552. The predicted octanol–water partition coefficient (Wildman–Crippen LogP) is 1.30. The van der Waals surface area contributed by atoms with Crippen LogP contribution in [0.5, 0.6) is 0 Å². The van der Waals surface area contributed by atoms with E-state index in [1.165, 1.54) is 11.3 Å². The molecule has 2 rings (SSSR count). The molecular formula is C12H12N4O3S. The summed E-state index contributed by atoms with van der Waals surface area (Å²) in [6, 6.07) is 0. The molecule has 20 heavy (non-hydrogen) atoms. The molecule has 0 aliphatic rings. The Morgan fingerprint density at radius 1 is 1.20 bits per heavy atom. The molecule has 2 aromatic rings. The van der Waals surface area contributed by atoms with Gasteiger partial charge in [0.15, 0.2) is 5.69 Å². The Balaban J connectivity index is 2.14. The maximum absolute atomic E-state index is 12.1. The normalized spacial score (nSPS) is 11.1. The van der Waals surface area contributed by atoms with Crippen molar-refractivity contribution in [1.82, 2.24) is 20.3 Å². The second kappa shape index (κ2) is 5.33. The van der Waals surface area contributed by atoms with Gasteiger partial charge in [0, 0.05) is 11.6 Å². The van der Waals surface area contributed by atoms with E-state index in [2.05, 4.69) is 20.3 Å². The van der Waals surface area contributed by atoms with Gasteiger partial charge in [0.25, 0.3) is 5.91 Å². The molecule has 0 saturated heterocycles. The molecule has 0 unspecified atom stereocenters. The smallest absolute Gasteiger partial charge is 0.356 e. The topological polar surface area (TPSA) is 105 Å². The van der Waals surface area contributed by atoms with Crippen LogP contribution < -0.4 is 5.32 Å². The van der Waals surface area contributed by atoms with Crippen LogP contribution in [-0.2, 0) is 5.54 Å². The number of thiazole rings is 1. The molecule has 2 heterocycles. The number of aromatic nitrogens is 3. The zero-order valence-corrected chi connectivity index (χ0v) is 11.6. The number of hydrogen-bond acceptors (Lipinski definition) is 6. The molecule has 0 fully saturated rings. The Morgan fingerprint density at radius 3 is 2.35 bits per heavy atom.